The third kappa shape index (κ3) is 1.43. The van der Waals surface area contributed by atoms with Gasteiger partial charge in [-0.2, -0.15) is 0 Å². The molecule has 74 valence electrons. The summed E-state index contributed by atoms with van der Waals surface area (Å²) in [4.78, 5) is 12.6. The van der Waals surface area contributed by atoms with Gasteiger partial charge in [0.25, 0.3) is 0 Å². The van der Waals surface area contributed by atoms with Gasteiger partial charge in [-0.25, -0.2) is 9.18 Å². The van der Waals surface area contributed by atoms with E-state index in [1.54, 1.807) is 0 Å². The third-order valence-electron chi connectivity index (χ3n) is 3.22. The van der Waals surface area contributed by atoms with Gasteiger partial charge in [0.1, 0.15) is 0 Å². The average Bonchev–Trinajstić information content (AvgIpc) is 2.30. The minimum atomic E-state index is -1.98. The molecule has 3 nitrogen and oxygen atoms in total. The number of carboxylic acid groups (broad SMARTS) is 1. The van der Waals surface area contributed by atoms with Gasteiger partial charge in [-0.3, -0.25) is 4.90 Å². The van der Waals surface area contributed by atoms with Gasteiger partial charge in [0, 0.05) is 25.6 Å². The third-order valence-corrected chi connectivity index (χ3v) is 3.22. The Morgan fingerprint density at radius 3 is 2.62 bits per heavy atom. The number of halogens is 1. The molecule has 0 aromatic carbocycles. The Balaban J connectivity index is 1.96. The van der Waals surface area contributed by atoms with Gasteiger partial charge in [0.2, 0.25) is 5.67 Å². The van der Waals surface area contributed by atoms with Crippen LogP contribution in [-0.4, -0.2) is 40.8 Å². The van der Waals surface area contributed by atoms with Crippen molar-refractivity contribution in [1.29, 1.82) is 0 Å². The molecule has 4 heteroatoms. The summed E-state index contributed by atoms with van der Waals surface area (Å²) in [6.45, 7) is 0.695. The van der Waals surface area contributed by atoms with Crippen molar-refractivity contribution in [1.82, 2.24) is 4.90 Å². The van der Waals surface area contributed by atoms with Crippen LogP contribution in [0.4, 0.5) is 4.39 Å². The van der Waals surface area contributed by atoms with Crippen LogP contribution >= 0.6 is 0 Å². The summed E-state index contributed by atoms with van der Waals surface area (Å²) >= 11 is 0. The maximum Gasteiger partial charge on any atom is 0.342 e. The number of rotatable bonds is 2. The van der Waals surface area contributed by atoms with E-state index in [0.29, 0.717) is 12.6 Å². The molecule has 0 aromatic rings. The van der Waals surface area contributed by atoms with Gasteiger partial charge < -0.3 is 5.11 Å². The van der Waals surface area contributed by atoms with Crippen LogP contribution in [0.5, 0.6) is 0 Å². The van der Waals surface area contributed by atoms with Crippen molar-refractivity contribution >= 4 is 5.97 Å². The molecular weight excluding hydrogens is 173 g/mol. The summed E-state index contributed by atoms with van der Waals surface area (Å²) < 4.78 is 13.6. The lowest BCUT2D eigenvalue weighted by molar-refractivity contribution is -0.150. The first-order valence-electron chi connectivity index (χ1n) is 4.78. The second kappa shape index (κ2) is 2.94. The van der Waals surface area contributed by atoms with Crippen LogP contribution in [0.3, 0.4) is 0 Å². The zero-order chi connectivity index (χ0) is 9.47. The Labute approximate surface area is 76.5 Å². The molecule has 2 fully saturated rings. The van der Waals surface area contributed by atoms with Gasteiger partial charge >= 0.3 is 5.97 Å². The molecule has 0 aromatic heterocycles. The fourth-order valence-corrected chi connectivity index (χ4v) is 2.04. The molecule has 1 N–H and O–H groups in total. The zero-order valence-corrected chi connectivity index (χ0v) is 7.50. The molecule has 1 atom stereocenters. The van der Waals surface area contributed by atoms with Crippen molar-refractivity contribution < 1.29 is 14.3 Å². The highest BCUT2D eigenvalue weighted by atomic mass is 19.1. The number of carboxylic acids is 1. The summed E-state index contributed by atoms with van der Waals surface area (Å²) in [5, 5.41) is 8.66. The van der Waals surface area contributed by atoms with Crippen LogP contribution in [0, 0.1) is 0 Å². The molecule has 1 heterocycles. The Hall–Kier alpha value is -0.640. The Morgan fingerprint density at radius 2 is 2.23 bits per heavy atom. The van der Waals surface area contributed by atoms with E-state index >= 15 is 0 Å². The van der Waals surface area contributed by atoms with Gasteiger partial charge in [-0.15, -0.1) is 0 Å². The standard InChI is InChI=1S/C9H14FNO2/c10-9(8(12)13)4-5-11(6-9)7-2-1-3-7/h7H,1-6H2,(H,12,13). The van der Waals surface area contributed by atoms with Crippen LogP contribution in [0.2, 0.25) is 0 Å². The number of aliphatic carboxylic acids is 1. The maximum absolute atomic E-state index is 13.6. The highest BCUT2D eigenvalue weighted by Gasteiger charge is 2.47. The highest BCUT2D eigenvalue weighted by molar-refractivity contribution is 5.78. The number of hydrogen-bond donors (Lipinski definition) is 1. The van der Waals surface area contributed by atoms with Crippen LogP contribution in [0.1, 0.15) is 25.7 Å². The van der Waals surface area contributed by atoms with Crippen LogP contribution in [0.25, 0.3) is 0 Å². The Bertz CT molecular complexity index is 230. The number of likely N-dealkylation sites (tertiary alicyclic amines) is 1. The van der Waals surface area contributed by atoms with E-state index in [9.17, 15) is 9.18 Å². The molecule has 1 aliphatic carbocycles. The number of hydrogen-bond acceptors (Lipinski definition) is 2. The average molecular weight is 187 g/mol. The van der Waals surface area contributed by atoms with Crippen molar-refractivity contribution in [3.63, 3.8) is 0 Å². The number of nitrogens with zero attached hydrogens (tertiary/aromatic N) is 1. The molecule has 1 saturated heterocycles. The monoisotopic (exact) mass is 187 g/mol. The minimum Gasteiger partial charge on any atom is -0.479 e. The summed E-state index contributed by atoms with van der Waals surface area (Å²) in [5.41, 5.74) is -1.98. The molecule has 1 saturated carbocycles. The number of alkyl halides is 1. The molecule has 2 aliphatic rings. The molecule has 0 spiro atoms. The van der Waals surface area contributed by atoms with E-state index in [1.807, 2.05) is 4.90 Å². The molecular formula is C9H14FNO2. The topological polar surface area (TPSA) is 40.5 Å². The van der Waals surface area contributed by atoms with Gasteiger partial charge in [-0.1, -0.05) is 6.42 Å². The first kappa shape index (κ1) is 8.94. The van der Waals surface area contributed by atoms with E-state index in [-0.39, 0.29) is 13.0 Å². The molecule has 0 amide bonds. The lowest BCUT2D eigenvalue weighted by Crippen LogP contribution is -2.43. The number of carbonyl (C=O) groups is 1. The molecule has 0 radical (unpaired) electrons. The summed E-state index contributed by atoms with van der Waals surface area (Å²) in [6, 6.07) is 0.456. The normalized spacial score (nSPS) is 36.1. The fourth-order valence-electron chi connectivity index (χ4n) is 2.04. The molecule has 13 heavy (non-hydrogen) atoms. The highest BCUT2D eigenvalue weighted by Crippen LogP contribution is 2.33. The van der Waals surface area contributed by atoms with Crippen LogP contribution in [0.15, 0.2) is 0 Å². The maximum atomic E-state index is 13.6. The molecule has 0 bridgehead atoms. The van der Waals surface area contributed by atoms with Crippen molar-refractivity contribution in [2.24, 2.45) is 0 Å². The van der Waals surface area contributed by atoms with Crippen molar-refractivity contribution in [3.8, 4) is 0 Å². The molecule has 1 aliphatic heterocycles. The quantitative estimate of drug-likeness (QED) is 0.702. The van der Waals surface area contributed by atoms with Crippen LogP contribution < -0.4 is 0 Å². The zero-order valence-electron chi connectivity index (χ0n) is 7.50. The van der Waals surface area contributed by atoms with Crippen molar-refractivity contribution in [2.45, 2.75) is 37.4 Å². The fraction of sp³-hybridized carbons (Fsp3) is 0.889. The minimum absolute atomic E-state index is 0.0903. The largest absolute Gasteiger partial charge is 0.479 e. The van der Waals surface area contributed by atoms with E-state index in [1.165, 1.54) is 6.42 Å². The van der Waals surface area contributed by atoms with E-state index in [2.05, 4.69) is 0 Å². The predicted octanol–water partition coefficient (Wildman–Crippen LogP) is 1.04. The van der Waals surface area contributed by atoms with Gasteiger partial charge in [0.15, 0.2) is 0 Å². The second-order valence-corrected chi connectivity index (χ2v) is 4.08. The van der Waals surface area contributed by atoms with E-state index in [0.717, 1.165) is 12.8 Å². The Morgan fingerprint density at radius 1 is 1.54 bits per heavy atom. The van der Waals surface area contributed by atoms with Crippen molar-refractivity contribution in [2.75, 3.05) is 13.1 Å². The van der Waals surface area contributed by atoms with Crippen LogP contribution in [-0.2, 0) is 4.79 Å². The molecule has 1 unspecified atom stereocenters. The summed E-state index contributed by atoms with van der Waals surface area (Å²) in [7, 11) is 0. The Kier molecular flexibility index (Phi) is 2.02. The van der Waals surface area contributed by atoms with Crippen molar-refractivity contribution in [3.05, 3.63) is 0 Å². The summed E-state index contributed by atoms with van der Waals surface area (Å²) in [5.74, 6) is -1.30. The van der Waals surface area contributed by atoms with E-state index in [4.69, 9.17) is 5.11 Å². The second-order valence-electron chi connectivity index (χ2n) is 4.08. The lowest BCUT2D eigenvalue weighted by atomic mass is 9.92. The first-order valence-corrected chi connectivity index (χ1v) is 4.78. The lowest BCUT2D eigenvalue weighted by Gasteiger charge is -2.34. The summed E-state index contributed by atoms with van der Waals surface area (Å²) in [6.07, 6.45) is 3.57. The SMILES string of the molecule is O=C(O)C1(F)CCN(C2CCC2)C1. The van der Waals surface area contributed by atoms with E-state index < -0.39 is 11.6 Å². The smallest absolute Gasteiger partial charge is 0.342 e. The first-order chi connectivity index (χ1) is 6.12. The predicted molar refractivity (Wildman–Crippen MR) is 45.3 cm³/mol. The van der Waals surface area contributed by atoms with Gasteiger partial charge in [-0.05, 0) is 12.8 Å². The molecule has 2 rings (SSSR count). The van der Waals surface area contributed by atoms with Gasteiger partial charge in [0.05, 0.1) is 0 Å².